The molecule has 1 nitrogen and oxygen atoms in total. The summed E-state index contributed by atoms with van der Waals surface area (Å²) in [5, 5.41) is 0. The van der Waals surface area contributed by atoms with E-state index in [1.54, 1.807) is 18.2 Å². The molecule has 14 heavy (non-hydrogen) atoms. The van der Waals surface area contributed by atoms with E-state index in [0.717, 1.165) is 0 Å². The summed E-state index contributed by atoms with van der Waals surface area (Å²) in [4.78, 5) is 0. The fraction of sp³-hybridized carbons (Fsp3) is 0.400. The zero-order chi connectivity index (χ0) is 10.8. The molecule has 0 heterocycles. The van der Waals surface area contributed by atoms with E-state index in [9.17, 15) is 13.2 Å². The molecule has 0 radical (unpaired) electrons. The molecule has 0 aromatic heterocycles. The fourth-order valence-corrected chi connectivity index (χ4v) is 1.34. The lowest BCUT2D eigenvalue weighted by Gasteiger charge is -2.18. The van der Waals surface area contributed by atoms with Gasteiger partial charge in [-0.25, -0.2) is 0 Å². The van der Waals surface area contributed by atoms with Crippen LogP contribution in [-0.2, 0) is 6.42 Å². The van der Waals surface area contributed by atoms with Crippen molar-refractivity contribution in [2.24, 2.45) is 5.73 Å². The van der Waals surface area contributed by atoms with Gasteiger partial charge in [-0.1, -0.05) is 31.2 Å². The van der Waals surface area contributed by atoms with Crippen LogP contribution in [0.15, 0.2) is 24.3 Å². The molecule has 1 aromatic carbocycles. The first-order valence-corrected chi connectivity index (χ1v) is 4.37. The Morgan fingerprint density at radius 1 is 1.29 bits per heavy atom. The molecule has 1 aromatic rings. The third kappa shape index (κ3) is 2.26. The van der Waals surface area contributed by atoms with Crippen molar-refractivity contribution in [2.75, 3.05) is 0 Å². The average molecular weight is 203 g/mol. The average Bonchev–Trinajstić information content (AvgIpc) is 2.15. The predicted octanol–water partition coefficient (Wildman–Crippen LogP) is 2.81. The molecule has 0 aliphatic heterocycles. The van der Waals surface area contributed by atoms with Crippen molar-refractivity contribution >= 4 is 0 Å². The van der Waals surface area contributed by atoms with Crippen molar-refractivity contribution in [1.29, 1.82) is 0 Å². The number of alkyl halides is 3. The molecule has 0 aliphatic carbocycles. The Kier molecular flexibility index (Phi) is 3.16. The summed E-state index contributed by atoms with van der Waals surface area (Å²) in [6.45, 7) is 1.81. The standard InChI is InChI=1S/C10H12F3N/c1-2-7-5-3-4-6-8(7)9(14)10(11,12)13/h3-6,9H,2,14H2,1H3/t9-/m1/s1. The molecule has 0 bridgehead atoms. The molecule has 0 saturated heterocycles. The lowest BCUT2D eigenvalue weighted by Crippen LogP contribution is -2.29. The highest BCUT2D eigenvalue weighted by Gasteiger charge is 2.38. The Bertz CT molecular complexity index is 306. The minimum Gasteiger partial charge on any atom is -0.316 e. The Hall–Kier alpha value is -1.03. The van der Waals surface area contributed by atoms with Crippen molar-refractivity contribution in [3.8, 4) is 0 Å². The van der Waals surface area contributed by atoms with Gasteiger partial charge in [0.05, 0.1) is 0 Å². The molecule has 4 heteroatoms. The summed E-state index contributed by atoms with van der Waals surface area (Å²) >= 11 is 0. The lowest BCUT2D eigenvalue weighted by atomic mass is 9.99. The first kappa shape index (κ1) is 11.0. The number of nitrogens with two attached hydrogens (primary N) is 1. The van der Waals surface area contributed by atoms with E-state index in [0.29, 0.717) is 12.0 Å². The van der Waals surface area contributed by atoms with E-state index >= 15 is 0 Å². The maximum atomic E-state index is 12.3. The summed E-state index contributed by atoms with van der Waals surface area (Å²) in [5.41, 5.74) is 5.94. The smallest absolute Gasteiger partial charge is 0.316 e. The van der Waals surface area contributed by atoms with E-state index in [1.165, 1.54) is 6.07 Å². The van der Waals surface area contributed by atoms with E-state index in [2.05, 4.69) is 0 Å². The van der Waals surface area contributed by atoms with Crippen LogP contribution in [0.5, 0.6) is 0 Å². The summed E-state index contributed by atoms with van der Waals surface area (Å²) in [7, 11) is 0. The third-order valence-corrected chi connectivity index (χ3v) is 2.12. The highest BCUT2D eigenvalue weighted by molar-refractivity contribution is 5.30. The van der Waals surface area contributed by atoms with Crippen LogP contribution in [0.25, 0.3) is 0 Å². The molecule has 0 aliphatic rings. The SMILES string of the molecule is CCc1ccccc1[C@@H](N)C(F)(F)F. The fourth-order valence-electron chi connectivity index (χ4n) is 1.34. The number of benzene rings is 1. The summed E-state index contributed by atoms with van der Waals surface area (Å²) in [6, 6.07) is 4.50. The second kappa shape index (κ2) is 4.00. The van der Waals surface area contributed by atoms with Crippen molar-refractivity contribution in [1.82, 2.24) is 0 Å². The third-order valence-electron chi connectivity index (χ3n) is 2.12. The van der Waals surface area contributed by atoms with Gasteiger partial charge in [0.2, 0.25) is 0 Å². The number of hydrogen-bond acceptors (Lipinski definition) is 1. The predicted molar refractivity (Wildman–Crippen MR) is 48.8 cm³/mol. The van der Waals surface area contributed by atoms with Gasteiger partial charge in [-0.15, -0.1) is 0 Å². The molecule has 1 rings (SSSR count). The van der Waals surface area contributed by atoms with E-state index in [4.69, 9.17) is 5.73 Å². The van der Waals surface area contributed by atoms with Gasteiger partial charge in [-0.2, -0.15) is 13.2 Å². The van der Waals surface area contributed by atoms with Crippen LogP contribution >= 0.6 is 0 Å². The summed E-state index contributed by atoms with van der Waals surface area (Å²) < 4.78 is 37.0. The molecule has 2 N–H and O–H groups in total. The quantitative estimate of drug-likeness (QED) is 0.785. The maximum Gasteiger partial charge on any atom is 0.407 e. The molecular weight excluding hydrogens is 191 g/mol. The molecule has 0 amide bonds. The second-order valence-electron chi connectivity index (χ2n) is 3.07. The zero-order valence-electron chi connectivity index (χ0n) is 7.81. The van der Waals surface area contributed by atoms with Crippen molar-refractivity contribution in [2.45, 2.75) is 25.6 Å². The largest absolute Gasteiger partial charge is 0.407 e. The number of rotatable bonds is 2. The number of halogens is 3. The van der Waals surface area contributed by atoms with Crippen LogP contribution in [0.1, 0.15) is 24.1 Å². The highest BCUT2D eigenvalue weighted by atomic mass is 19.4. The molecule has 0 saturated carbocycles. The highest BCUT2D eigenvalue weighted by Crippen LogP contribution is 2.32. The molecule has 0 fully saturated rings. The summed E-state index contributed by atoms with van der Waals surface area (Å²) in [6.07, 6.45) is -3.81. The van der Waals surface area contributed by atoms with Crippen LogP contribution in [0.4, 0.5) is 13.2 Å². The van der Waals surface area contributed by atoms with Gasteiger partial charge < -0.3 is 5.73 Å². The van der Waals surface area contributed by atoms with E-state index < -0.39 is 12.2 Å². The van der Waals surface area contributed by atoms with Crippen LogP contribution < -0.4 is 5.73 Å². The van der Waals surface area contributed by atoms with Crippen molar-refractivity contribution < 1.29 is 13.2 Å². The minimum atomic E-state index is -4.37. The zero-order valence-corrected chi connectivity index (χ0v) is 7.81. The van der Waals surface area contributed by atoms with Crippen molar-refractivity contribution in [3.05, 3.63) is 35.4 Å². The Morgan fingerprint density at radius 3 is 2.36 bits per heavy atom. The Morgan fingerprint density at radius 2 is 1.86 bits per heavy atom. The van der Waals surface area contributed by atoms with Gasteiger partial charge >= 0.3 is 6.18 Å². The first-order chi connectivity index (χ1) is 6.46. The summed E-state index contributed by atoms with van der Waals surface area (Å²) in [5.74, 6) is 0. The maximum absolute atomic E-state index is 12.3. The number of hydrogen-bond donors (Lipinski definition) is 1. The van der Waals surface area contributed by atoms with Gasteiger partial charge in [0, 0.05) is 0 Å². The molecule has 1 atom stereocenters. The number of aryl methyl sites for hydroxylation is 1. The van der Waals surface area contributed by atoms with Gasteiger partial charge in [0.1, 0.15) is 6.04 Å². The molecular formula is C10H12F3N. The van der Waals surface area contributed by atoms with Gasteiger partial charge in [0.25, 0.3) is 0 Å². The van der Waals surface area contributed by atoms with Crippen LogP contribution in [-0.4, -0.2) is 6.18 Å². The van der Waals surface area contributed by atoms with E-state index in [-0.39, 0.29) is 5.56 Å². The van der Waals surface area contributed by atoms with Crippen LogP contribution in [0.2, 0.25) is 0 Å². The van der Waals surface area contributed by atoms with Crippen LogP contribution in [0, 0.1) is 0 Å². The molecule has 78 valence electrons. The monoisotopic (exact) mass is 203 g/mol. The topological polar surface area (TPSA) is 26.0 Å². The van der Waals surface area contributed by atoms with E-state index in [1.807, 2.05) is 6.92 Å². The molecule has 0 unspecified atom stereocenters. The van der Waals surface area contributed by atoms with Gasteiger partial charge in [-0.3, -0.25) is 0 Å². The second-order valence-corrected chi connectivity index (χ2v) is 3.07. The first-order valence-electron chi connectivity index (χ1n) is 4.37. The Balaban J connectivity index is 3.06. The van der Waals surface area contributed by atoms with Gasteiger partial charge in [0.15, 0.2) is 0 Å². The minimum absolute atomic E-state index is 0.169. The van der Waals surface area contributed by atoms with Crippen molar-refractivity contribution in [3.63, 3.8) is 0 Å². The molecule has 0 spiro atoms. The normalized spacial score (nSPS) is 14.1. The van der Waals surface area contributed by atoms with Crippen LogP contribution in [0.3, 0.4) is 0 Å². The Labute approximate surface area is 80.7 Å². The van der Waals surface area contributed by atoms with Gasteiger partial charge in [-0.05, 0) is 17.5 Å². The lowest BCUT2D eigenvalue weighted by molar-refractivity contribution is -0.149.